The highest BCUT2D eigenvalue weighted by atomic mass is 35.5. The summed E-state index contributed by atoms with van der Waals surface area (Å²) in [4.78, 5) is 22.8. The number of nitrogens with one attached hydrogen (secondary N) is 1. The number of benzene rings is 1. The van der Waals surface area contributed by atoms with Crippen LogP contribution in [-0.2, 0) is 4.79 Å². The molecule has 5 nitrogen and oxygen atoms in total. The Hall–Kier alpha value is -1.88. The van der Waals surface area contributed by atoms with Gasteiger partial charge in [0.25, 0.3) is 5.69 Å². The third kappa shape index (κ3) is 3.30. The molecule has 6 heteroatoms. The lowest BCUT2D eigenvalue weighted by Gasteiger charge is -2.54. The average Bonchev–Trinajstić information content (AvgIpc) is 2.56. The Kier molecular flexibility index (Phi) is 4.28. The lowest BCUT2D eigenvalue weighted by molar-refractivity contribution is -0.384. The molecule has 1 aromatic rings. The molecule has 4 aliphatic carbocycles. The second kappa shape index (κ2) is 6.45. The van der Waals surface area contributed by atoms with Crippen LogP contribution in [-0.4, -0.2) is 16.9 Å². The number of carbonyl (C=O) groups is 1. The zero-order valence-corrected chi connectivity index (χ0v) is 14.6. The van der Waals surface area contributed by atoms with Crippen molar-refractivity contribution in [2.75, 3.05) is 0 Å². The van der Waals surface area contributed by atoms with Gasteiger partial charge in [0.2, 0.25) is 5.91 Å². The maximum absolute atomic E-state index is 12.3. The number of hydrogen-bond donors (Lipinski definition) is 1. The van der Waals surface area contributed by atoms with Gasteiger partial charge in [-0.3, -0.25) is 14.9 Å². The van der Waals surface area contributed by atoms with Crippen LogP contribution in [0.1, 0.15) is 37.7 Å². The fourth-order valence-corrected chi connectivity index (χ4v) is 5.50. The van der Waals surface area contributed by atoms with E-state index in [9.17, 15) is 14.9 Å². The maximum Gasteiger partial charge on any atom is 0.288 e. The monoisotopic (exact) mass is 360 g/mol. The lowest BCUT2D eigenvalue weighted by atomic mass is 9.54. The van der Waals surface area contributed by atoms with Crippen LogP contribution >= 0.6 is 11.6 Å². The predicted octanol–water partition coefficient (Wildman–Crippen LogP) is 4.20. The standard InChI is InChI=1S/C19H21ClN2O3/c20-16-3-1-11(10-17(16)22(24)25)2-4-18(23)21-19-14-6-12-5-13(8-14)9-15(19)7-12/h1-4,10,12-15,19H,5-9H2,(H,21,23). The second-order valence-corrected chi connectivity index (χ2v) is 8.17. The number of nitrogens with zero attached hydrogens (tertiary/aromatic N) is 1. The van der Waals surface area contributed by atoms with Gasteiger partial charge in [0.1, 0.15) is 5.02 Å². The van der Waals surface area contributed by atoms with Crippen molar-refractivity contribution in [1.29, 1.82) is 0 Å². The van der Waals surface area contributed by atoms with E-state index in [0.717, 1.165) is 11.8 Å². The molecular weight excluding hydrogens is 340 g/mol. The van der Waals surface area contributed by atoms with E-state index in [-0.39, 0.29) is 16.6 Å². The largest absolute Gasteiger partial charge is 0.349 e. The second-order valence-electron chi connectivity index (χ2n) is 7.77. The van der Waals surface area contributed by atoms with Crippen LogP contribution in [0.25, 0.3) is 6.08 Å². The van der Waals surface area contributed by atoms with Gasteiger partial charge in [0.15, 0.2) is 0 Å². The SMILES string of the molecule is O=C(C=Cc1ccc(Cl)c([N+](=O)[O-])c1)NC1C2CC3CC(C2)CC1C3. The van der Waals surface area contributed by atoms with Gasteiger partial charge < -0.3 is 5.32 Å². The van der Waals surface area contributed by atoms with Crippen LogP contribution in [0.2, 0.25) is 5.02 Å². The molecule has 0 aliphatic heterocycles. The van der Waals surface area contributed by atoms with Crippen LogP contribution in [0.3, 0.4) is 0 Å². The highest BCUT2D eigenvalue weighted by molar-refractivity contribution is 6.32. The van der Waals surface area contributed by atoms with Crippen LogP contribution in [0, 0.1) is 33.8 Å². The summed E-state index contributed by atoms with van der Waals surface area (Å²) in [7, 11) is 0. The zero-order valence-electron chi connectivity index (χ0n) is 13.9. The summed E-state index contributed by atoms with van der Waals surface area (Å²) in [5.41, 5.74) is 0.446. The number of halogens is 1. The minimum atomic E-state index is -0.520. The van der Waals surface area contributed by atoms with Gasteiger partial charge >= 0.3 is 0 Å². The van der Waals surface area contributed by atoms with Crippen molar-refractivity contribution in [1.82, 2.24) is 5.32 Å². The molecule has 0 aromatic heterocycles. The fourth-order valence-electron chi connectivity index (χ4n) is 5.32. The summed E-state index contributed by atoms with van der Waals surface area (Å²) in [6.07, 6.45) is 9.49. The Balaban J connectivity index is 1.42. The number of carbonyl (C=O) groups excluding carboxylic acids is 1. The molecule has 0 unspecified atom stereocenters. The van der Waals surface area contributed by atoms with E-state index in [0.29, 0.717) is 23.4 Å². The van der Waals surface area contributed by atoms with Crippen LogP contribution in [0.4, 0.5) is 5.69 Å². The van der Waals surface area contributed by atoms with E-state index < -0.39 is 4.92 Å². The van der Waals surface area contributed by atoms with Crippen molar-refractivity contribution in [2.24, 2.45) is 23.7 Å². The summed E-state index contributed by atoms with van der Waals surface area (Å²) < 4.78 is 0. The van der Waals surface area contributed by atoms with E-state index in [2.05, 4.69) is 5.32 Å². The number of nitro benzene ring substituents is 1. The molecule has 0 atom stereocenters. The Bertz CT molecular complexity index is 718. The molecule has 0 heterocycles. The Morgan fingerprint density at radius 2 is 1.80 bits per heavy atom. The highest BCUT2D eigenvalue weighted by Gasteiger charge is 2.48. The van der Waals surface area contributed by atoms with Gasteiger partial charge in [0, 0.05) is 18.2 Å². The molecule has 5 rings (SSSR count). The molecule has 4 bridgehead atoms. The molecule has 0 saturated heterocycles. The molecule has 4 fully saturated rings. The zero-order chi connectivity index (χ0) is 17.6. The van der Waals surface area contributed by atoms with Gasteiger partial charge in [-0.25, -0.2) is 0 Å². The highest BCUT2D eigenvalue weighted by Crippen LogP contribution is 2.53. The van der Waals surface area contributed by atoms with Crippen molar-refractivity contribution < 1.29 is 9.72 Å². The number of nitro groups is 1. The molecule has 1 amide bonds. The van der Waals surface area contributed by atoms with Crippen molar-refractivity contribution in [3.63, 3.8) is 0 Å². The van der Waals surface area contributed by atoms with E-state index in [4.69, 9.17) is 11.6 Å². The van der Waals surface area contributed by atoms with E-state index >= 15 is 0 Å². The number of rotatable bonds is 4. The normalized spacial score (nSPS) is 32.9. The third-order valence-corrected chi connectivity index (χ3v) is 6.45. The van der Waals surface area contributed by atoms with Gasteiger partial charge in [-0.1, -0.05) is 17.7 Å². The maximum atomic E-state index is 12.3. The summed E-state index contributed by atoms with van der Waals surface area (Å²) in [5.74, 6) is 2.90. The van der Waals surface area contributed by atoms with Crippen molar-refractivity contribution >= 4 is 29.3 Å². The van der Waals surface area contributed by atoms with Gasteiger partial charge in [-0.2, -0.15) is 0 Å². The smallest absolute Gasteiger partial charge is 0.288 e. The first-order chi connectivity index (χ1) is 12.0. The molecule has 4 saturated carbocycles. The first-order valence-corrected chi connectivity index (χ1v) is 9.30. The molecule has 4 aliphatic rings. The van der Waals surface area contributed by atoms with E-state index in [1.165, 1.54) is 50.3 Å². The minimum absolute atomic E-state index is 0.0974. The minimum Gasteiger partial charge on any atom is -0.349 e. The summed E-state index contributed by atoms with van der Waals surface area (Å²) >= 11 is 5.81. The van der Waals surface area contributed by atoms with Gasteiger partial charge in [0.05, 0.1) is 4.92 Å². The molecule has 132 valence electrons. The fraction of sp³-hybridized carbons (Fsp3) is 0.526. The topological polar surface area (TPSA) is 72.2 Å². The Morgan fingerprint density at radius 3 is 2.40 bits per heavy atom. The molecule has 0 spiro atoms. The Morgan fingerprint density at radius 1 is 1.16 bits per heavy atom. The van der Waals surface area contributed by atoms with Crippen molar-refractivity contribution in [3.8, 4) is 0 Å². The average molecular weight is 361 g/mol. The lowest BCUT2D eigenvalue weighted by Crippen LogP contribution is -2.55. The van der Waals surface area contributed by atoms with Crippen LogP contribution < -0.4 is 5.32 Å². The third-order valence-electron chi connectivity index (χ3n) is 6.13. The van der Waals surface area contributed by atoms with Gasteiger partial charge in [-0.15, -0.1) is 0 Å². The van der Waals surface area contributed by atoms with E-state index in [1.807, 2.05) is 0 Å². The first kappa shape index (κ1) is 16.6. The number of amides is 1. The predicted molar refractivity (Wildman–Crippen MR) is 96.1 cm³/mol. The van der Waals surface area contributed by atoms with Crippen molar-refractivity contribution in [2.45, 2.75) is 38.1 Å². The number of hydrogen-bond acceptors (Lipinski definition) is 3. The molecule has 1 aromatic carbocycles. The van der Waals surface area contributed by atoms with Crippen molar-refractivity contribution in [3.05, 3.63) is 45.0 Å². The molecule has 25 heavy (non-hydrogen) atoms. The summed E-state index contributed by atoms with van der Waals surface area (Å²) in [6, 6.07) is 4.83. The first-order valence-electron chi connectivity index (χ1n) is 8.92. The quantitative estimate of drug-likeness (QED) is 0.496. The summed E-state index contributed by atoms with van der Waals surface area (Å²) in [5, 5.41) is 14.2. The molecule has 1 N–H and O–H groups in total. The van der Waals surface area contributed by atoms with E-state index in [1.54, 1.807) is 12.1 Å². The Labute approximate surface area is 151 Å². The molecular formula is C19H21ClN2O3. The molecule has 0 radical (unpaired) electrons. The summed E-state index contributed by atoms with van der Waals surface area (Å²) in [6.45, 7) is 0. The van der Waals surface area contributed by atoms with Crippen LogP contribution in [0.5, 0.6) is 0 Å². The van der Waals surface area contributed by atoms with Crippen LogP contribution in [0.15, 0.2) is 24.3 Å². The van der Waals surface area contributed by atoms with Gasteiger partial charge in [-0.05, 0) is 73.5 Å².